The maximum atomic E-state index is 11.4. The fourth-order valence-corrected chi connectivity index (χ4v) is 1.52. The molecular formula is C15H23N3O2. The van der Waals surface area contributed by atoms with E-state index < -0.39 is 11.7 Å². The molecule has 3 N–H and O–H groups in total. The Labute approximate surface area is 120 Å². The first-order chi connectivity index (χ1) is 9.28. The van der Waals surface area contributed by atoms with E-state index in [1.807, 2.05) is 45.9 Å². The number of amides is 1. The minimum Gasteiger partial charge on any atom is -0.444 e. The molecule has 0 unspecified atom stereocenters. The van der Waals surface area contributed by atoms with Crippen LogP contribution in [0.2, 0.25) is 0 Å². The number of nitrogens with zero attached hydrogens (tertiary/aromatic N) is 1. The van der Waals surface area contributed by atoms with Crippen molar-refractivity contribution in [3.8, 4) is 0 Å². The molecule has 0 aliphatic carbocycles. The molecule has 0 fully saturated rings. The van der Waals surface area contributed by atoms with Crippen LogP contribution in [-0.2, 0) is 4.74 Å². The van der Waals surface area contributed by atoms with Crippen LogP contribution in [0, 0.1) is 6.92 Å². The molecule has 5 heteroatoms. The summed E-state index contributed by atoms with van der Waals surface area (Å²) in [5, 5.41) is 2.69. The molecule has 0 aliphatic rings. The Bertz CT molecular complexity index is 490. The molecule has 1 amide bonds. The molecule has 0 aromatic carbocycles. The van der Waals surface area contributed by atoms with E-state index in [1.165, 1.54) is 0 Å². The van der Waals surface area contributed by atoms with Gasteiger partial charge in [-0.3, -0.25) is 0 Å². The van der Waals surface area contributed by atoms with Crippen LogP contribution >= 0.6 is 0 Å². The molecule has 1 heterocycles. The predicted octanol–water partition coefficient (Wildman–Crippen LogP) is 2.90. The standard InChI is InChI=1S/C15H23N3O2/c1-11-9-12(13(16)18-10-11)7-5-6-8-17-14(19)20-15(2,3)4/h5,7,9-10H,6,8H2,1-4H3,(H2,16,18)(H,17,19). The molecular weight excluding hydrogens is 254 g/mol. The quantitative estimate of drug-likeness (QED) is 0.830. The van der Waals surface area contributed by atoms with E-state index in [1.54, 1.807) is 6.20 Å². The molecule has 0 atom stereocenters. The molecule has 5 nitrogen and oxygen atoms in total. The molecule has 0 saturated carbocycles. The summed E-state index contributed by atoms with van der Waals surface area (Å²) in [6.07, 6.45) is 5.89. The number of aryl methyl sites for hydroxylation is 1. The van der Waals surface area contributed by atoms with Gasteiger partial charge in [0, 0.05) is 18.3 Å². The van der Waals surface area contributed by atoms with Gasteiger partial charge in [-0.25, -0.2) is 9.78 Å². The number of ether oxygens (including phenoxy) is 1. The van der Waals surface area contributed by atoms with Gasteiger partial charge < -0.3 is 15.8 Å². The van der Waals surface area contributed by atoms with Gasteiger partial charge in [-0.2, -0.15) is 0 Å². The Hall–Kier alpha value is -2.04. The highest BCUT2D eigenvalue weighted by Crippen LogP contribution is 2.12. The van der Waals surface area contributed by atoms with Crippen LogP contribution < -0.4 is 11.1 Å². The van der Waals surface area contributed by atoms with Crippen LogP contribution in [0.4, 0.5) is 10.6 Å². The first kappa shape index (κ1) is 16.0. The molecule has 0 aliphatic heterocycles. The second-order valence-electron chi connectivity index (χ2n) is 5.61. The lowest BCUT2D eigenvalue weighted by Crippen LogP contribution is -2.32. The number of anilines is 1. The lowest BCUT2D eigenvalue weighted by molar-refractivity contribution is 0.0529. The molecule has 110 valence electrons. The molecule has 1 aromatic heterocycles. The third-order valence-corrected chi connectivity index (χ3v) is 2.36. The van der Waals surface area contributed by atoms with Gasteiger partial charge in [0.2, 0.25) is 0 Å². The molecule has 0 saturated heterocycles. The summed E-state index contributed by atoms with van der Waals surface area (Å²) in [5.41, 5.74) is 7.25. The lowest BCUT2D eigenvalue weighted by atomic mass is 10.2. The van der Waals surface area contributed by atoms with Gasteiger partial charge >= 0.3 is 6.09 Å². The average Bonchev–Trinajstić information content (AvgIpc) is 2.30. The number of nitrogens with one attached hydrogen (secondary N) is 1. The van der Waals surface area contributed by atoms with E-state index in [9.17, 15) is 4.79 Å². The van der Waals surface area contributed by atoms with Gasteiger partial charge in [0.05, 0.1) is 0 Å². The Morgan fingerprint density at radius 1 is 1.50 bits per heavy atom. The smallest absolute Gasteiger partial charge is 0.407 e. The van der Waals surface area contributed by atoms with Crippen LogP contribution in [0.3, 0.4) is 0 Å². The first-order valence-electron chi connectivity index (χ1n) is 6.63. The van der Waals surface area contributed by atoms with E-state index in [-0.39, 0.29) is 0 Å². The number of rotatable bonds is 4. The highest BCUT2D eigenvalue weighted by molar-refractivity contribution is 5.67. The van der Waals surface area contributed by atoms with E-state index in [4.69, 9.17) is 10.5 Å². The molecule has 1 rings (SSSR count). The number of hydrogen-bond acceptors (Lipinski definition) is 4. The summed E-state index contributed by atoms with van der Waals surface area (Å²) in [4.78, 5) is 15.5. The number of nitrogen functional groups attached to an aromatic ring is 1. The van der Waals surface area contributed by atoms with Crippen molar-refractivity contribution in [3.63, 3.8) is 0 Å². The minimum absolute atomic E-state index is 0.400. The van der Waals surface area contributed by atoms with Gasteiger partial charge in [-0.15, -0.1) is 0 Å². The van der Waals surface area contributed by atoms with Crippen molar-refractivity contribution in [1.29, 1.82) is 0 Å². The molecule has 0 spiro atoms. The van der Waals surface area contributed by atoms with E-state index in [0.717, 1.165) is 11.1 Å². The van der Waals surface area contributed by atoms with Crippen LogP contribution in [0.15, 0.2) is 18.3 Å². The summed E-state index contributed by atoms with van der Waals surface area (Å²) in [6.45, 7) is 7.98. The molecule has 1 aromatic rings. The van der Waals surface area contributed by atoms with Gasteiger partial charge in [0.25, 0.3) is 0 Å². The zero-order valence-electron chi connectivity index (χ0n) is 12.6. The number of aromatic nitrogens is 1. The number of nitrogens with two attached hydrogens (primary N) is 1. The fourth-order valence-electron chi connectivity index (χ4n) is 1.52. The van der Waals surface area contributed by atoms with Crippen LogP contribution in [0.1, 0.15) is 38.3 Å². The van der Waals surface area contributed by atoms with E-state index in [2.05, 4.69) is 10.3 Å². The summed E-state index contributed by atoms with van der Waals surface area (Å²) in [6, 6.07) is 1.97. The number of carbonyl (C=O) groups is 1. The molecule has 20 heavy (non-hydrogen) atoms. The maximum Gasteiger partial charge on any atom is 0.407 e. The number of hydrogen-bond donors (Lipinski definition) is 2. The topological polar surface area (TPSA) is 77.2 Å². The SMILES string of the molecule is Cc1cnc(N)c(C=CCCNC(=O)OC(C)(C)C)c1. The average molecular weight is 277 g/mol. The number of alkyl carbamates (subject to hydrolysis) is 1. The summed E-state index contributed by atoms with van der Waals surface area (Å²) >= 11 is 0. The largest absolute Gasteiger partial charge is 0.444 e. The normalized spacial score (nSPS) is 11.6. The van der Waals surface area contributed by atoms with Gasteiger partial charge in [-0.1, -0.05) is 12.2 Å². The highest BCUT2D eigenvalue weighted by Gasteiger charge is 2.15. The Balaban J connectivity index is 2.36. The predicted molar refractivity (Wildman–Crippen MR) is 81.3 cm³/mol. The van der Waals surface area contributed by atoms with Gasteiger partial charge in [-0.05, 0) is 45.7 Å². The van der Waals surface area contributed by atoms with Crippen LogP contribution in [0.5, 0.6) is 0 Å². The van der Waals surface area contributed by atoms with Crippen LogP contribution in [0.25, 0.3) is 6.08 Å². The second kappa shape index (κ2) is 6.93. The van der Waals surface area contributed by atoms with Crippen molar-refractivity contribution in [2.24, 2.45) is 0 Å². The lowest BCUT2D eigenvalue weighted by Gasteiger charge is -2.19. The number of pyridine rings is 1. The van der Waals surface area contributed by atoms with Crippen LogP contribution in [-0.4, -0.2) is 23.2 Å². The molecule has 0 bridgehead atoms. The summed E-state index contributed by atoms with van der Waals surface area (Å²) in [7, 11) is 0. The van der Waals surface area contributed by atoms with E-state index in [0.29, 0.717) is 18.8 Å². The third kappa shape index (κ3) is 6.22. The van der Waals surface area contributed by atoms with Crippen molar-refractivity contribution in [1.82, 2.24) is 10.3 Å². The van der Waals surface area contributed by atoms with Crippen molar-refractivity contribution < 1.29 is 9.53 Å². The first-order valence-corrected chi connectivity index (χ1v) is 6.63. The highest BCUT2D eigenvalue weighted by atomic mass is 16.6. The van der Waals surface area contributed by atoms with Crippen molar-refractivity contribution >= 4 is 18.0 Å². The monoisotopic (exact) mass is 277 g/mol. The third-order valence-electron chi connectivity index (χ3n) is 2.36. The fraction of sp³-hybridized carbons (Fsp3) is 0.467. The van der Waals surface area contributed by atoms with Gasteiger partial charge in [0.1, 0.15) is 11.4 Å². The Kier molecular flexibility index (Phi) is 5.55. The zero-order chi connectivity index (χ0) is 15.2. The van der Waals surface area contributed by atoms with E-state index >= 15 is 0 Å². The minimum atomic E-state index is -0.471. The Morgan fingerprint density at radius 3 is 2.85 bits per heavy atom. The molecule has 0 radical (unpaired) electrons. The second-order valence-corrected chi connectivity index (χ2v) is 5.61. The van der Waals surface area contributed by atoms with Crippen molar-refractivity contribution in [3.05, 3.63) is 29.5 Å². The van der Waals surface area contributed by atoms with Gasteiger partial charge in [0.15, 0.2) is 0 Å². The summed E-state index contributed by atoms with van der Waals surface area (Å²) < 4.78 is 5.13. The number of carbonyl (C=O) groups excluding carboxylic acids is 1. The maximum absolute atomic E-state index is 11.4. The van der Waals surface area contributed by atoms with Crippen molar-refractivity contribution in [2.75, 3.05) is 12.3 Å². The van der Waals surface area contributed by atoms with Crippen molar-refractivity contribution in [2.45, 2.75) is 39.7 Å². The summed E-state index contributed by atoms with van der Waals surface area (Å²) in [5.74, 6) is 0.506. The zero-order valence-corrected chi connectivity index (χ0v) is 12.6. The Morgan fingerprint density at radius 2 is 2.20 bits per heavy atom.